The van der Waals surface area contributed by atoms with Gasteiger partial charge in [0, 0.05) is 29.2 Å². The summed E-state index contributed by atoms with van der Waals surface area (Å²) in [6.07, 6.45) is 2.71. The van der Waals surface area contributed by atoms with Gasteiger partial charge < -0.3 is 9.64 Å². The number of benzene rings is 2. The van der Waals surface area contributed by atoms with E-state index in [0.717, 1.165) is 28.7 Å². The number of rotatable bonds is 4. The standard InChI is InChI=1S/C22H23N3O3/c1-4-28-22(27)18-6-5-7-20-19(18)13-24(23-20)16-8-10-17(11-9-16)25-15(3)12-14(2)21(25)26/h5-11,13-15H,4,12H2,1-3H3. The second kappa shape index (κ2) is 7.11. The smallest absolute Gasteiger partial charge is 0.338 e. The molecule has 1 amide bonds. The SMILES string of the molecule is CCOC(=O)c1cccc2nn(-c3ccc(N4C(=O)C(C)CC4C)cc3)cc12. The zero-order valence-corrected chi connectivity index (χ0v) is 16.3. The van der Waals surface area contributed by atoms with Crippen molar-refractivity contribution in [3.63, 3.8) is 0 Å². The molecule has 4 rings (SSSR count). The Balaban J connectivity index is 1.66. The summed E-state index contributed by atoms with van der Waals surface area (Å²) in [4.78, 5) is 26.5. The number of hydrogen-bond donors (Lipinski definition) is 0. The molecule has 2 heterocycles. The van der Waals surface area contributed by atoms with E-state index in [1.165, 1.54) is 0 Å². The summed E-state index contributed by atoms with van der Waals surface area (Å²) in [6, 6.07) is 13.4. The number of nitrogens with zero attached hydrogens (tertiary/aromatic N) is 3. The molecular weight excluding hydrogens is 354 g/mol. The number of aromatic nitrogens is 2. The normalized spacial score (nSPS) is 19.4. The maximum absolute atomic E-state index is 12.4. The average molecular weight is 377 g/mol. The van der Waals surface area contributed by atoms with Gasteiger partial charge in [0.15, 0.2) is 0 Å². The minimum absolute atomic E-state index is 0.0624. The van der Waals surface area contributed by atoms with Crippen molar-refractivity contribution in [2.24, 2.45) is 5.92 Å². The molecule has 28 heavy (non-hydrogen) atoms. The summed E-state index contributed by atoms with van der Waals surface area (Å²) in [5.41, 5.74) is 3.00. The Morgan fingerprint density at radius 3 is 2.50 bits per heavy atom. The highest BCUT2D eigenvalue weighted by Crippen LogP contribution is 2.30. The van der Waals surface area contributed by atoms with Crippen LogP contribution < -0.4 is 4.90 Å². The van der Waals surface area contributed by atoms with Crippen LogP contribution in [0.15, 0.2) is 48.7 Å². The fraction of sp³-hybridized carbons (Fsp3) is 0.318. The molecule has 0 radical (unpaired) electrons. The lowest BCUT2D eigenvalue weighted by Crippen LogP contribution is -2.31. The molecule has 0 spiro atoms. The Hall–Kier alpha value is -3.15. The van der Waals surface area contributed by atoms with Gasteiger partial charge in [0.05, 0.1) is 23.4 Å². The van der Waals surface area contributed by atoms with Crippen molar-refractivity contribution in [2.45, 2.75) is 33.2 Å². The van der Waals surface area contributed by atoms with Crippen molar-refractivity contribution in [2.75, 3.05) is 11.5 Å². The first-order valence-corrected chi connectivity index (χ1v) is 9.58. The molecule has 2 atom stereocenters. The minimum atomic E-state index is -0.348. The molecule has 1 saturated heterocycles. The Kier molecular flexibility index (Phi) is 4.63. The monoisotopic (exact) mass is 377 g/mol. The van der Waals surface area contributed by atoms with Crippen LogP contribution in [0.1, 0.15) is 37.6 Å². The lowest BCUT2D eigenvalue weighted by molar-refractivity contribution is -0.119. The highest BCUT2D eigenvalue weighted by Gasteiger charge is 2.34. The van der Waals surface area contributed by atoms with Gasteiger partial charge in [-0.2, -0.15) is 5.10 Å². The molecular formula is C22H23N3O3. The number of carbonyl (C=O) groups is 2. The van der Waals surface area contributed by atoms with Crippen LogP contribution in [0.2, 0.25) is 0 Å². The van der Waals surface area contributed by atoms with E-state index < -0.39 is 0 Å². The maximum atomic E-state index is 12.4. The first-order chi connectivity index (χ1) is 13.5. The van der Waals surface area contributed by atoms with Crippen LogP contribution in [0, 0.1) is 5.92 Å². The molecule has 1 fully saturated rings. The third-order valence-corrected chi connectivity index (χ3v) is 5.23. The Bertz CT molecular complexity index is 1040. The number of hydrogen-bond acceptors (Lipinski definition) is 4. The van der Waals surface area contributed by atoms with E-state index in [0.29, 0.717) is 12.2 Å². The zero-order chi connectivity index (χ0) is 19.8. The van der Waals surface area contributed by atoms with Crippen LogP contribution >= 0.6 is 0 Å². The van der Waals surface area contributed by atoms with Crippen LogP contribution in [0.4, 0.5) is 5.69 Å². The summed E-state index contributed by atoms with van der Waals surface area (Å²) in [6.45, 7) is 6.17. The van der Waals surface area contributed by atoms with Gasteiger partial charge in [0.2, 0.25) is 5.91 Å². The van der Waals surface area contributed by atoms with Crippen molar-refractivity contribution < 1.29 is 14.3 Å². The number of amides is 1. The number of fused-ring (bicyclic) bond motifs is 1. The Morgan fingerprint density at radius 2 is 1.86 bits per heavy atom. The molecule has 0 bridgehead atoms. The molecule has 0 saturated carbocycles. The average Bonchev–Trinajstić information content (AvgIpc) is 3.22. The summed E-state index contributed by atoms with van der Waals surface area (Å²) >= 11 is 0. The van der Waals surface area contributed by atoms with Crippen LogP contribution in [-0.2, 0) is 9.53 Å². The second-order valence-electron chi connectivity index (χ2n) is 7.24. The lowest BCUT2D eigenvalue weighted by atomic mass is 10.1. The van der Waals surface area contributed by atoms with Crippen LogP contribution in [0.3, 0.4) is 0 Å². The van der Waals surface area contributed by atoms with E-state index >= 15 is 0 Å². The van der Waals surface area contributed by atoms with Gasteiger partial charge in [0.1, 0.15) is 0 Å². The fourth-order valence-electron chi connectivity index (χ4n) is 3.88. The van der Waals surface area contributed by atoms with Gasteiger partial charge in [-0.15, -0.1) is 0 Å². The first-order valence-electron chi connectivity index (χ1n) is 9.58. The quantitative estimate of drug-likeness (QED) is 0.646. The van der Waals surface area contributed by atoms with Crippen molar-refractivity contribution in [3.05, 3.63) is 54.2 Å². The van der Waals surface area contributed by atoms with Gasteiger partial charge in [0.25, 0.3) is 0 Å². The molecule has 2 unspecified atom stereocenters. The predicted octanol–water partition coefficient (Wildman–Crippen LogP) is 3.96. The highest BCUT2D eigenvalue weighted by atomic mass is 16.5. The summed E-state index contributed by atoms with van der Waals surface area (Å²) in [7, 11) is 0. The van der Waals surface area contributed by atoms with E-state index in [9.17, 15) is 9.59 Å². The third kappa shape index (κ3) is 3.05. The summed E-state index contributed by atoms with van der Waals surface area (Å²) in [5, 5.41) is 5.34. The Labute approximate surface area is 163 Å². The fourth-order valence-corrected chi connectivity index (χ4v) is 3.88. The zero-order valence-electron chi connectivity index (χ0n) is 16.3. The van der Waals surface area contributed by atoms with Crippen molar-refractivity contribution in [3.8, 4) is 5.69 Å². The maximum Gasteiger partial charge on any atom is 0.338 e. The number of ether oxygens (including phenoxy) is 1. The van der Waals surface area contributed by atoms with Gasteiger partial charge in [-0.1, -0.05) is 13.0 Å². The third-order valence-electron chi connectivity index (χ3n) is 5.23. The molecule has 1 aromatic heterocycles. The van der Waals surface area contributed by atoms with Gasteiger partial charge >= 0.3 is 5.97 Å². The van der Waals surface area contributed by atoms with E-state index in [2.05, 4.69) is 12.0 Å². The molecule has 0 aliphatic carbocycles. The molecule has 1 aliphatic heterocycles. The van der Waals surface area contributed by atoms with Gasteiger partial charge in [-0.3, -0.25) is 4.79 Å². The molecule has 6 nitrogen and oxygen atoms in total. The second-order valence-corrected chi connectivity index (χ2v) is 7.24. The van der Waals surface area contributed by atoms with Gasteiger partial charge in [-0.25, -0.2) is 9.48 Å². The van der Waals surface area contributed by atoms with Crippen LogP contribution in [0.5, 0.6) is 0 Å². The highest BCUT2D eigenvalue weighted by molar-refractivity contribution is 6.03. The summed E-state index contributed by atoms with van der Waals surface area (Å²) < 4.78 is 6.88. The summed E-state index contributed by atoms with van der Waals surface area (Å²) in [5.74, 6) is -0.116. The molecule has 1 aliphatic rings. The molecule has 6 heteroatoms. The van der Waals surface area contributed by atoms with Crippen molar-refractivity contribution in [1.82, 2.24) is 9.78 Å². The largest absolute Gasteiger partial charge is 0.462 e. The number of anilines is 1. The van der Waals surface area contributed by atoms with E-state index in [4.69, 9.17) is 4.74 Å². The molecule has 3 aromatic rings. The first kappa shape index (κ1) is 18.2. The van der Waals surface area contributed by atoms with Crippen LogP contribution in [-0.4, -0.2) is 34.3 Å². The number of esters is 1. The molecule has 0 N–H and O–H groups in total. The van der Waals surface area contributed by atoms with Crippen molar-refractivity contribution >= 4 is 28.5 Å². The van der Waals surface area contributed by atoms with E-state index in [-0.39, 0.29) is 23.8 Å². The van der Waals surface area contributed by atoms with E-state index in [1.807, 2.05) is 48.4 Å². The van der Waals surface area contributed by atoms with Crippen molar-refractivity contribution in [1.29, 1.82) is 0 Å². The number of carbonyl (C=O) groups excluding carboxylic acids is 2. The molecule has 2 aromatic carbocycles. The van der Waals surface area contributed by atoms with Gasteiger partial charge in [-0.05, 0) is 56.7 Å². The topological polar surface area (TPSA) is 64.4 Å². The minimum Gasteiger partial charge on any atom is -0.462 e. The Morgan fingerprint density at radius 1 is 1.14 bits per heavy atom. The van der Waals surface area contributed by atoms with Crippen LogP contribution in [0.25, 0.3) is 16.6 Å². The predicted molar refractivity (Wildman–Crippen MR) is 108 cm³/mol. The lowest BCUT2D eigenvalue weighted by Gasteiger charge is -2.22. The van der Waals surface area contributed by atoms with E-state index in [1.54, 1.807) is 23.7 Å². The molecule has 144 valence electrons.